The summed E-state index contributed by atoms with van der Waals surface area (Å²) >= 11 is 0.650. The molecule has 29 heavy (non-hydrogen) atoms. The molecule has 1 aromatic heterocycles. The minimum atomic E-state index is -1.07. The second kappa shape index (κ2) is 9.27. The Hall–Kier alpha value is -2.59. The first kappa shape index (κ1) is 21.1. The number of nitrogens with zero attached hydrogens (tertiary/aromatic N) is 3. The molecule has 1 saturated heterocycles. The summed E-state index contributed by atoms with van der Waals surface area (Å²) < 4.78 is 23.3. The number of carbonyl (C=O) groups excluding carboxylic acids is 1. The molecule has 154 valence electrons. The highest BCUT2D eigenvalue weighted by Crippen LogP contribution is 2.34. The maximum Gasteiger partial charge on any atom is 0.348 e. The largest absolute Gasteiger partial charge is 0.622 e. The van der Waals surface area contributed by atoms with Gasteiger partial charge in [0.15, 0.2) is 6.61 Å². The van der Waals surface area contributed by atoms with Crippen molar-refractivity contribution >= 4 is 22.4 Å². The number of ether oxygens (including phenoxy) is 2. The van der Waals surface area contributed by atoms with Crippen LogP contribution in [0.3, 0.4) is 0 Å². The molecule has 2 aromatic rings. The lowest BCUT2D eigenvalue weighted by atomic mass is 10.1. The van der Waals surface area contributed by atoms with E-state index in [0.717, 1.165) is 11.8 Å². The molecule has 0 bridgehead atoms. The molecule has 0 radical (unpaired) electrons. The van der Waals surface area contributed by atoms with Crippen molar-refractivity contribution in [2.75, 3.05) is 26.4 Å². The number of benzene rings is 1. The highest BCUT2D eigenvalue weighted by Gasteiger charge is 2.45. The van der Waals surface area contributed by atoms with Crippen LogP contribution in [0.4, 0.5) is 9.52 Å². The molecule has 2 unspecified atom stereocenters. The average molecular weight is 419 g/mol. The Bertz CT molecular complexity index is 890. The van der Waals surface area contributed by atoms with Gasteiger partial charge in [0.1, 0.15) is 12.4 Å². The minimum Gasteiger partial charge on any atom is -0.622 e. The third-order valence-corrected chi connectivity index (χ3v) is 5.27. The van der Waals surface area contributed by atoms with Crippen LogP contribution >= 0.6 is 11.3 Å². The third kappa shape index (κ3) is 5.07. The molecule has 0 aliphatic carbocycles. The minimum absolute atomic E-state index is 0.00454. The topological polar surface area (TPSA) is 74.7 Å². The van der Waals surface area contributed by atoms with Crippen molar-refractivity contribution in [1.29, 1.82) is 0 Å². The van der Waals surface area contributed by atoms with Crippen LogP contribution in [0.5, 0.6) is 5.75 Å². The highest BCUT2D eigenvalue weighted by molar-refractivity contribution is 7.13. The van der Waals surface area contributed by atoms with Crippen LogP contribution in [0.1, 0.15) is 5.56 Å². The van der Waals surface area contributed by atoms with Crippen LogP contribution in [-0.4, -0.2) is 48.4 Å². The summed E-state index contributed by atoms with van der Waals surface area (Å²) in [5.74, 6) is -0.161. The second-order valence-corrected chi connectivity index (χ2v) is 7.54. The van der Waals surface area contributed by atoms with Crippen molar-refractivity contribution in [3.05, 3.63) is 71.7 Å². The van der Waals surface area contributed by atoms with E-state index in [1.807, 2.05) is 18.2 Å². The molecular weight excluding hydrogens is 397 g/mol. The smallest absolute Gasteiger partial charge is 0.348 e. The number of rotatable bonds is 9. The third-order valence-electron chi connectivity index (χ3n) is 4.37. The zero-order valence-electron chi connectivity index (χ0n) is 15.8. The van der Waals surface area contributed by atoms with Crippen LogP contribution in [0.2, 0.25) is 0 Å². The van der Waals surface area contributed by atoms with Gasteiger partial charge in [-0.3, -0.25) is 4.65 Å². The summed E-state index contributed by atoms with van der Waals surface area (Å²) in [4.78, 5) is 18.0. The molecule has 0 saturated carbocycles. The lowest BCUT2D eigenvalue weighted by Gasteiger charge is -2.38. The summed E-state index contributed by atoms with van der Waals surface area (Å²) in [7, 11) is 0. The fourth-order valence-electron chi connectivity index (χ4n) is 3.10. The van der Waals surface area contributed by atoms with Gasteiger partial charge in [-0.25, -0.2) is 9.69 Å². The van der Waals surface area contributed by atoms with E-state index in [2.05, 4.69) is 18.1 Å². The van der Waals surface area contributed by atoms with E-state index in [1.165, 1.54) is 0 Å². The summed E-state index contributed by atoms with van der Waals surface area (Å²) in [5.41, 5.74) is 1.00. The number of carbonyl (C=O) groups is 1. The first-order valence-electron chi connectivity index (χ1n) is 9.00. The van der Waals surface area contributed by atoms with Gasteiger partial charge in [0.05, 0.1) is 12.7 Å². The predicted molar refractivity (Wildman–Crippen MR) is 110 cm³/mol. The molecule has 3 rings (SSSR count). The zero-order chi connectivity index (χ0) is 20.9. The van der Waals surface area contributed by atoms with Crippen LogP contribution < -0.4 is 9.38 Å². The Labute approximate surface area is 172 Å². The van der Waals surface area contributed by atoms with Gasteiger partial charge in [0, 0.05) is 6.54 Å². The van der Waals surface area contributed by atoms with E-state index in [0.29, 0.717) is 30.1 Å². The van der Waals surface area contributed by atoms with Crippen LogP contribution in [0, 0.1) is 10.3 Å². The van der Waals surface area contributed by atoms with Crippen LogP contribution in [0.25, 0.3) is 0 Å². The normalized spacial score (nSPS) is 21.7. The monoisotopic (exact) mass is 419 g/mol. The van der Waals surface area contributed by atoms with Crippen molar-refractivity contribution < 1.29 is 18.7 Å². The molecule has 7 nitrogen and oxygen atoms in total. The molecule has 2 heterocycles. The van der Waals surface area contributed by atoms with Crippen LogP contribution in [0.15, 0.2) is 55.8 Å². The standard InChI is InChI=1S/C20H22FN3O4S/c1-3-6-15-7-5-8-16(10-15)27-13-19(25)28-18-12-23(9-4-2)14-24(18,26)20-22-11-17(21)29-20/h3-5,7-8,10-11,18H,1-2,6,9,12-14H2. The fraction of sp³-hybridized carbons (Fsp3) is 0.300. The number of halogens is 1. The van der Waals surface area contributed by atoms with Gasteiger partial charge in [0.25, 0.3) is 11.4 Å². The Kier molecular flexibility index (Phi) is 6.75. The Morgan fingerprint density at radius 1 is 1.45 bits per heavy atom. The molecule has 0 amide bonds. The Morgan fingerprint density at radius 2 is 2.28 bits per heavy atom. The lowest BCUT2D eigenvalue weighted by molar-refractivity contribution is -0.155. The summed E-state index contributed by atoms with van der Waals surface area (Å²) in [6.45, 7) is 7.63. The number of quaternary nitrogens is 1. The maximum atomic E-state index is 13.4. The van der Waals surface area contributed by atoms with Crippen molar-refractivity contribution in [2.24, 2.45) is 0 Å². The van der Waals surface area contributed by atoms with Gasteiger partial charge >= 0.3 is 5.97 Å². The molecule has 9 heteroatoms. The molecule has 1 aromatic carbocycles. The Balaban J connectivity index is 1.66. The van der Waals surface area contributed by atoms with E-state index < -0.39 is 22.0 Å². The first-order valence-corrected chi connectivity index (χ1v) is 9.82. The molecule has 0 N–H and O–H groups in total. The lowest BCUT2D eigenvalue weighted by Crippen LogP contribution is -2.51. The van der Waals surface area contributed by atoms with Gasteiger partial charge in [-0.05, 0) is 35.5 Å². The number of thiazole rings is 1. The van der Waals surface area contributed by atoms with Crippen LogP contribution in [-0.2, 0) is 16.0 Å². The number of hydrogen-bond acceptors (Lipinski definition) is 7. The molecule has 2 atom stereocenters. The molecule has 1 fully saturated rings. The van der Waals surface area contributed by atoms with Crippen molar-refractivity contribution in [1.82, 2.24) is 14.5 Å². The van der Waals surface area contributed by atoms with Crippen molar-refractivity contribution in [2.45, 2.75) is 12.6 Å². The number of aromatic nitrogens is 1. The van der Waals surface area contributed by atoms with E-state index >= 15 is 0 Å². The van der Waals surface area contributed by atoms with Crippen molar-refractivity contribution in [3.8, 4) is 5.75 Å². The van der Waals surface area contributed by atoms with Gasteiger partial charge in [0.2, 0.25) is 5.13 Å². The number of hydroxylamine groups is 2. The van der Waals surface area contributed by atoms with Gasteiger partial charge < -0.3 is 14.7 Å². The Morgan fingerprint density at radius 3 is 2.97 bits per heavy atom. The average Bonchev–Trinajstić information content (AvgIpc) is 3.26. The molecule has 1 aliphatic rings. The number of allylic oxidation sites excluding steroid dienone is 1. The van der Waals surface area contributed by atoms with E-state index in [1.54, 1.807) is 23.1 Å². The highest BCUT2D eigenvalue weighted by atomic mass is 32.1. The van der Waals surface area contributed by atoms with E-state index in [9.17, 15) is 14.4 Å². The van der Waals surface area contributed by atoms with E-state index in [4.69, 9.17) is 9.47 Å². The predicted octanol–water partition coefficient (Wildman–Crippen LogP) is 3.22. The molecule has 1 aliphatic heterocycles. The molecular formula is C20H22FN3O4S. The van der Waals surface area contributed by atoms with E-state index in [-0.39, 0.29) is 25.0 Å². The van der Waals surface area contributed by atoms with Gasteiger partial charge in [-0.1, -0.05) is 24.3 Å². The quantitative estimate of drug-likeness (QED) is 0.269. The number of esters is 1. The summed E-state index contributed by atoms with van der Waals surface area (Å²) in [6, 6.07) is 7.28. The zero-order valence-corrected chi connectivity index (χ0v) is 16.6. The summed E-state index contributed by atoms with van der Waals surface area (Å²) in [5, 5.41) is 12.8. The summed E-state index contributed by atoms with van der Waals surface area (Å²) in [6.07, 6.45) is 4.03. The maximum absolute atomic E-state index is 13.4. The molecule has 0 spiro atoms. The van der Waals surface area contributed by atoms with Gasteiger partial charge in [-0.2, -0.15) is 9.37 Å². The first-order chi connectivity index (χ1) is 13.9. The van der Waals surface area contributed by atoms with Crippen molar-refractivity contribution in [3.63, 3.8) is 0 Å². The second-order valence-electron chi connectivity index (χ2n) is 6.58. The fourth-order valence-corrected chi connectivity index (χ4v) is 3.81. The SMILES string of the molecule is C=CCc1cccc(OCC(=O)OC2CN(CC=C)C[N+]2([O-])c2ncc(F)s2)c1. The number of hydrogen-bond donors (Lipinski definition) is 0. The van der Waals surface area contributed by atoms with Gasteiger partial charge in [-0.15, -0.1) is 13.2 Å².